The standard InChI is InChI=1S/C16H20F3N3O2/c17-16(18,19)11-1-3-12(4-2-11)20-15(23)21-13-9-22(10-13)14-5-7-24-8-6-14/h1-4,13-14H,5-10H2,(H2,20,21,23). The summed E-state index contributed by atoms with van der Waals surface area (Å²) < 4.78 is 42.8. The molecule has 0 unspecified atom stereocenters. The fourth-order valence-corrected chi connectivity index (χ4v) is 3.05. The van der Waals surface area contributed by atoms with Gasteiger partial charge in [-0.3, -0.25) is 4.90 Å². The van der Waals surface area contributed by atoms with Crippen LogP contribution >= 0.6 is 0 Å². The molecule has 3 rings (SSSR count). The summed E-state index contributed by atoms with van der Waals surface area (Å²) in [6.45, 7) is 3.16. The second kappa shape index (κ2) is 6.98. The van der Waals surface area contributed by atoms with Crippen LogP contribution in [0, 0.1) is 0 Å². The van der Waals surface area contributed by atoms with Gasteiger partial charge in [-0.15, -0.1) is 0 Å². The molecule has 8 heteroatoms. The summed E-state index contributed by atoms with van der Waals surface area (Å²) >= 11 is 0. The molecule has 2 fully saturated rings. The summed E-state index contributed by atoms with van der Waals surface area (Å²) in [4.78, 5) is 14.2. The smallest absolute Gasteiger partial charge is 0.381 e. The van der Waals surface area contributed by atoms with E-state index in [1.807, 2.05) is 0 Å². The van der Waals surface area contributed by atoms with Crippen molar-refractivity contribution in [2.24, 2.45) is 0 Å². The highest BCUT2D eigenvalue weighted by atomic mass is 19.4. The number of alkyl halides is 3. The van der Waals surface area contributed by atoms with Crippen molar-refractivity contribution < 1.29 is 22.7 Å². The summed E-state index contributed by atoms with van der Waals surface area (Å²) in [6.07, 6.45) is -2.34. The van der Waals surface area contributed by atoms with Crippen molar-refractivity contribution in [2.45, 2.75) is 31.1 Å². The van der Waals surface area contributed by atoms with Crippen molar-refractivity contribution in [3.8, 4) is 0 Å². The average Bonchev–Trinajstić information content (AvgIpc) is 2.51. The Bertz CT molecular complexity index is 565. The van der Waals surface area contributed by atoms with E-state index in [1.165, 1.54) is 12.1 Å². The maximum absolute atomic E-state index is 12.5. The number of carbonyl (C=O) groups excluding carboxylic acids is 1. The summed E-state index contributed by atoms with van der Waals surface area (Å²) in [5, 5.41) is 5.39. The molecule has 1 aromatic rings. The molecule has 2 N–H and O–H groups in total. The van der Waals surface area contributed by atoms with Crippen LogP contribution in [0.15, 0.2) is 24.3 Å². The van der Waals surface area contributed by atoms with Crippen molar-refractivity contribution >= 4 is 11.7 Å². The first-order valence-electron chi connectivity index (χ1n) is 7.98. The minimum atomic E-state index is -4.37. The Hall–Kier alpha value is -1.80. The third kappa shape index (κ3) is 4.18. The Morgan fingerprint density at radius 1 is 1.12 bits per heavy atom. The zero-order valence-electron chi connectivity index (χ0n) is 13.1. The van der Waals surface area contributed by atoms with E-state index in [9.17, 15) is 18.0 Å². The van der Waals surface area contributed by atoms with E-state index < -0.39 is 17.8 Å². The molecule has 0 radical (unpaired) electrons. The van der Waals surface area contributed by atoms with Gasteiger partial charge in [0.25, 0.3) is 0 Å². The molecule has 132 valence electrons. The minimum absolute atomic E-state index is 0.0716. The first-order valence-corrected chi connectivity index (χ1v) is 7.98. The second-order valence-electron chi connectivity index (χ2n) is 6.17. The van der Waals surface area contributed by atoms with Gasteiger partial charge in [0.05, 0.1) is 11.6 Å². The molecule has 0 atom stereocenters. The number of likely N-dealkylation sites (tertiary alicyclic amines) is 1. The highest BCUT2D eigenvalue weighted by molar-refractivity contribution is 5.89. The average molecular weight is 343 g/mol. The normalized spacial score (nSPS) is 20.5. The molecule has 0 bridgehead atoms. The third-order valence-corrected chi connectivity index (χ3v) is 4.42. The maximum Gasteiger partial charge on any atom is 0.416 e. The van der Waals surface area contributed by atoms with Gasteiger partial charge >= 0.3 is 12.2 Å². The molecule has 2 heterocycles. The summed E-state index contributed by atoms with van der Waals surface area (Å²) in [7, 11) is 0. The maximum atomic E-state index is 12.5. The molecule has 2 aliphatic rings. The van der Waals surface area contributed by atoms with E-state index in [-0.39, 0.29) is 6.04 Å². The summed E-state index contributed by atoms with van der Waals surface area (Å²) in [5.74, 6) is 0. The van der Waals surface area contributed by atoms with Gasteiger partial charge < -0.3 is 15.4 Å². The monoisotopic (exact) mass is 343 g/mol. The van der Waals surface area contributed by atoms with E-state index >= 15 is 0 Å². The lowest BCUT2D eigenvalue weighted by atomic mass is 10.00. The predicted molar refractivity (Wildman–Crippen MR) is 82.8 cm³/mol. The lowest BCUT2D eigenvalue weighted by Crippen LogP contribution is -2.63. The molecule has 0 aromatic heterocycles. The minimum Gasteiger partial charge on any atom is -0.381 e. The number of hydrogen-bond acceptors (Lipinski definition) is 3. The molecule has 24 heavy (non-hydrogen) atoms. The number of nitrogens with one attached hydrogen (secondary N) is 2. The van der Waals surface area contributed by atoms with E-state index in [0.717, 1.165) is 51.3 Å². The number of hydrogen-bond donors (Lipinski definition) is 2. The van der Waals surface area contributed by atoms with Crippen molar-refractivity contribution in [1.29, 1.82) is 0 Å². The largest absolute Gasteiger partial charge is 0.416 e. The quantitative estimate of drug-likeness (QED) is 0.887. The molecule has 0 aliphatic carbocycles. The first-order chi connectivity index (χ1) is 11.4. The Labute approximate surface area is 138 Å². The SMILES string of the molecule is O=C(Nc1ccc(C(F)(F)F)cc1)NC1CN(C2CCOCC2)C1. The fraction of sp³-hybridized carbons (Fsp3) is 0.562. The van der Waals surface area contributed by atoms with Crippen LogP contribution in [-0.4, -0.2) is 49.3 Å². The van der Waals surface area contributed by atoms with Crippen LogP contribution < -0.4 is 10.6 Å². The zero-order chi connectivity index (χ0) is 17.2. The van der Waals surface area contributed by atoms with Crippen LogP contribution in [0.25, 0.3) is 0 Å². The second-order valence-corrected chi connectivity index (χ2v) is 6.17. The van der Waals surface area contributed by atoms with Gasteiger partial charge in [0.2, 0.25) is 0 Å². The molecular weight excluding hydrogens is 323 g/mol. The number of urea groups is 1. The number of benzene rings is 1. The van der Waals surface area contributed by atoms with Gasteiger partial charge in [0, 0.05) is 38.0 Å². The van der Waals surface area contributed by atoms with Crippen LogP contribution in [0.3, 0.4) is 0 Å². The van der Waals surface area contributed by atoms with Crippen LogP contribution in [0.1, 0.15) is 18.4 Å². The molecule has 0 saturated carbocycles. The Morgan fingerprint density at radius 3 is 2.33 bits per heavy atom. The molecule has 2 aliphatic heterocycles. The van der Waals surface area contributed by atoms with Gasteiger partial charge in [-0.1, -0.05) is 0 Å². The number of halogens is 3. The molecular formula is C16H20F3N3O2. The van der Waals surface area contributed by atoms with Gasteiger partial charge in [-0.25, -0.2) is 4.79 Å². The molecule has 5 nitrogen and oxygen atoms in total. The number of amides is 2. The van der Waals surface area contributed by atoms with Crippen LogP contribution in [0.4, 0.5) is 23.7 Å². The van der Waals surface area contributed by atoms with Crippen LogP contribution in [-0.2, 0) is 10.9 Å². The summed E-state index contributed by atoms with van der Waals surface area (Å²) in [6, 6.07) is 4.59. The van der Waals surface area contributed by atoms with Crippen LogP contribution in [0.2, 0.25) is 0 Å². The van der Waals surface area contributed by atoms with E-state index in [2.05, 4.69) is 15.5 Å². The first kappa shape index (κ1) is 17.0. The number of carbonyl (C=O) groups is 1. The van der Waals surface area contributed by atoms with E-state index in [1.54, 1.807) is 0 Å². The molecule has 2 amide bonds. The predicted octanol–water partition coefficient (Wildman–Crippen LogP) is 2.69. The molecule has 0 spiro atoms. The number of ether oxygens (including phenoxy) is 1. The fourth-order valence-electron chi connectivity index (χ4n) is 3.05. The van der Waals surface area contributed by atoms with Crippen molar-refractivity contribution in [3.63, 3.8) is 0 Å². The van der Waals surface area contributed by atoms with Crippen molar-refractivity contribution in [2.75, 3.05) is 31.6 Å². The highest BCUT2D eigenvalue weighted by Gasteiger charge is 2.34. The van der Waals surface area contributed by atoms with Gasteiger partial charge in [-0.2, -0.15) is 13.2 Å². The van der Waals surface area contributed by atoms with E-state index in [0.29, 0.717) is 11.7 Å². The Kier molecular flexibility index (Phi) is 4.96. The zero-order valence-corrected chi connectivity index (χ0v) is 13.1. The van der Waals surface area contributed by atoms with Crippen LogP contribution in [0.5, 0.6) is 0 Å². The lowest BCUT2D eigenvalue weighted by Gasteiger charge is -2.45. The van der Waals surface area contributed by atoms with Gasteiger partial charge in [-0.05, 0) is 37.1 Å². The van der Waals surface area contributed by atoms with Gasteiger partial charge in [0.15, 0.2) is 0 Å². The van der Waals surface area contributed by atoms with Crippen molar-refractivity contribution in [3.05, 3.63) is 29.8 Å². The van der Waals surface area contributed by atoms with E-state index in [4.69, 9.17) is 4.74 Å². The van der Waals surface area contributed by atoms with Crippen molar-refractivity contribution in [1.82, 2.24) is 10.2 Å². The topological polar surface area (TPSA) is 53.6 Å². The molecule has 2 saturated heterocycles. The number of anilines is 1. The summed E-state index contributed by atoms with van der Waals surface area (Å²) in [5.41, 5.74) is -0.402. The number of rotatable bonds is 3. The molecule has 1 aromatic carbocycles. The Morgan fingerprint density at radius 2 is 1.75 bits per heavy atom. The lowest BCUT2D eigenvalue weighted by molar-refractivity contribution is -0.137. The van der Waals surface area contributed by atoms with Gasteiger partial charge in [0.1, 0.15) is 0 Å². The third-order valence-electron chi connectivity index (χ3n) is 4.42. The highest BCUT2D eigenvalue weighted by Crippen LogP contribution is 2.29. The number of nitrogens with zero attached hydrogens (tertiary/aromatic N) is 1. The Balaban J connectivity index is 1.42.